The van der Waals surface area contributed by atoms with Crippen molar-refractivity contribution in [3.8, 4) is 5.88 Å². The summed E-state index contributed by atoms with van der Waals surface area (Å²) in [6.45, 7) is 23.8. The lowest BCUT2D eigenvalue weighted by atomic mass is 9.83. The van der Waals surface area contributed by atoms with Crippen molar-refractivity contribution in [2.45, 2.75) is 124 Å². The summed E-state index contributed by atoms with van der Waals surface area (Å²) in [5.41, 5.74) is 2.26. The highest BCUT2D eigenvalue weighted by molar-refractivity contribution is 7.89. The molecule has 10 heteroatoms. The molecule has 0 radical (unpaired) electrons. The molecule has 4 unspecified atom stereocenters. The fraction of sp³-hybridized carbons (Fsp3) is 0.769. The Labute approximate surface area is 296 Å². The van der Waals surface area contributed by atoms with Crippen LogP contribution in [-0.4, -0.2) is 90.6 Å². The van der Waals surface area contributed by atoms with E-state index in [4.69, 9.17) is 9.47 Å². The zero-order chi connectivity index (χ0) is 35.8. The van der Waals surface area contributed by atoms with Gasteiger partial charge in [0.1, 0.15) is 5.67 Å². The van der Waals surface area contributed by atoms with Crippen LogP contribution in [0.1, 0.15) is 106 Å². The van der Waals surface area contributed by atoms with E-state index in [1.165, 1.54) is 11.1 Å². The van der Waals surface area contributed by atoms with Gasteiger partial charge in [0.2, 0.25) is 15.9 Å². The number of ether oxygens (including phenoxy) is 2. The standard InChI is InChI=1S/C39H63FN4O4S/c1-28(2)49(45,46)44-20-12-30(13-21-44)29(3)24-31-25-32(31)27-47-36(42-18-14-33(15-19-42)37(4,5)6)48-35-11-10-34(26-41-35)39(40)16-22-43(23-17-39)38(7,8)9/h10-12,14,26,28-29,31-32,36H,13,15-25,27H2,1-9H3. The van der Waals surface area contributed by atoms with Crippen LogP contribution in [0.25, 0.3) is 0 Å². The number of nitrogens with zero attached hydrogens (tertiary/aromatic N) is 4. The van der Waals surface area contributed by atoms with Gasteiger partial charge in [-0.15, -0.1) is 0 Å². The fourth-order valence-electron chi connectivity index (χ4n) is 7.67. The molecule has 0 aromatic carbocycles. The van der Waals surface area contributed by atoms with Gasteiger partial charge in [-0.3, -0.25) is 4.90 Å². The number of alkyl halides is 1. The van der Waals surface area contributed by atoms with E-state index in [0.29, 0.717) is 61.7 Å². The van der Waals surface area contributed by atoms with Gasteiger partial charge in [0, 0.05) is 62.6 Å². The van der Waals surface area contributed by atoms with E-state index in [9.17, 15) is 8.42 Å². The van der Waals surface area contributed by atoms with E-state index in [2.05, 4.69) is 75.4 Å². The second kappa shape index (κ2) is 15.0. The molecule has 5 rings (SSSR count). The summed E-state index contributed by atoms with van der Waals surface area (Å²) in [5, 5.41) is -0.388. The van der Waals surface area contributed by atoms with E-state index < -0.39 is 22.1 Å². The minimum Gasteiger partial charge on any atom is -0.434 e. The highest BCUT2D eigenvalue weighted by atomic mass is 32.2. The van der Waals surface area contributed by atoms with Crippen molar-refractivity contribution in [1.82, 2.24) is 19.1 Å². The summed E-state index contributed by atoms with van der Waals surface area (Å²) in [5.74, 6) is 1.94. The number of halogens is 1. The van der Waals surface area contributed by atoms with Gasteiger partial charge in [0.05, 0.1) is 11.9 Å². The van der Waals surface area contributed by atoms with Crippen LogP contribution in [0.3, 0.4) is 0 Å². The van der Waals surface area contributed by atoms with Crippen molar-refractivity contribution in [3.63, 3.8) is 0 Å². The van der Waals surface area contributed by atoms with Crippen LogP contribution in [0.15, 0.2) is 41.6 Å². The van der Waals surface area contributed by atoms with Crippen LogP contribution in [0, 0.1) is 23.2 Å². The van der Waals surface area contributed by atoms with E-state index in [1.807, 2.05) is 6.07 Å². The number of sulfonamides is 1. The maximum atomic E-state index is 16.1. The molecule has 3 aliphatic heterocycles. The van der Waals surface area contributed by atoms with Gasteiger partial charge in [-0.05, 0) is 102 Å². The van der Waals surface area contributed by atoms with E-state index in [0.717, 1.165) is 51.9 Å². The number of aromatic nitrogens is 1. The average Bonchev–Trinajstić information content (AvgIpc) is 3.80. The third-order valence-corrected chi connectivity index (χ3v) is 13.7. The van der Waals surface area contributed by atoms with Crippen molar-refractivity contribution in [2.24, 2.45) is 23.2 Å². The Kier molecular flexibility index (Phi) is 11.8. The van der Waals surface area contributed by atoms with Gasteiger partial charge >= 0.3 is 0 Å². The van der Waals surface area contributed by atoms with Crippen LogP contribution in [0.5, 0.6) is 5.88 Å². The van der Waals surface area contributed by atoms with Crippen molar-refractivity contribution in [2.75, 3.05) is 45.9 Å². The smallest absolute Gasteiger partial charge is 0.264 e. The fourth-order valence-corrected chi connectivity index (χ4v) is 8.89. The topological polar surface area (TPSA) is 75.2 Å². The van der Waals surface area contributed by atoms with Crippen molar-refractivity contribution in [1.29, 1.82) is 0 Å². The Morgan fingerprint density at radius 1 is 0.959 bits per heavy atom. The maximum Gasteiger partial charge on any atom is 0.264 e. The molecule has 4 atom stereocenters. The van der Waals surface area contributed by atoms with Gasteiger partial charge in [-0.1, -0.05) is 51.0 Å². The quantitative estimate of drug-likeness (QED) is 0.165. The molecule has 1 saturated heterocycles. The second-order valence-electron chi connectivity index (χ2n) is 17.4. The number of likely N-dealkylation sites (tertiary alicyclic amines) is 1. The minimum absolute atomic E-state index is 0.0398. The first kappa shape index (κ1) is 38.4. The molecule has 1 aromatic heterocycles. The summed E-state index contributed by atoms with van der Waals surface area (Å²) in [6, 6.07) is 3.65. The first-order chi connectivity index (χ1) is 22.9. The average molecular weight is 703 g/mol. The maximum absolute atomic E-state index is 16.1. The molecule has 8 nitrogen and oxygen atoms in total. The molecule has 1 aromatic rings. The Morgan fingerprint density at radius 3 is 2.20 bits per heavy atom. The number of rotatable bonds is 12. The largest absolute Gasteiger partial charge is 0.434 e. The summed E-state index contributed by atoms with van der Waals surface area (Å²) in [7, 11) is -3.21. The van der Waals surface area contributed by atoms with Crippen molar-refractivity contribution in [3.05, 3.63) is 47.2 Å². The van der Waals surface area contributed by atoms with E-state index >= 15 is 4.39 Å². The Balaban J connectivity index is 1.18. The molecule has 0 spiro atoms. The third kappa shape index (κ3) is 9.53. The Bertz CT molecular complexity index is 1440. The summed E-state index contributed by atoms with van der Waals surface area (Å²) < 4.78 is 55.8. The second-order valence-corrected chi connectivity index (χ2v) is 19.9. The lowest BCUT2D eigenvalue weighted by Crippen LogP contribution is -2.49. The number of pyridine rings is 1. The highest BCUT2D eigenvalue weighted by Crippen LogP contribution is 2.45. The summed E-state index contributed by atoms with van der Waals surface area (Å²) >= 11 is 0. The summed E-state index contributed by atoms with van der Waals surface area (Å²) in [4.78, 5) is 9.17. The molecule has 0 bridgehead atoms. The first-order valence-corrected chi connectivity index (χ1v) is 20.2. The van der Waals surface area contributed by atoms with Gasteiger partial charge in [-0.25, -0.2) is 22.7 Å². The zero-order valence-corrected chi connectivity index (χ0v) is 32.5. The molecule has 1 aliphatic carbocycles. The van der Waals surface area contributed by atoms with Crippen LogP contribution in [0.4, 0.5) is 4.39 Å². The number of hydrogen-bond donors (Lipinski definition) is 0. The Hall–Kier alpha value is -1.85. The lowest BCUT2D eigenvalue weighted by molar-refractivity contribution is -0.178. The molecule has 0 amide bonds. The molecule has 0 N–H and O–H groups in total. The molecule has 2 fully saturated rings. The van der Waals surface area contributed by atoms with Gasteiger partial charge < -0.3 is 9.47 Å². The lowest BCUT2D eigenvalue weighted by Gasteiger charge is -2.43. The normalized spacial score (nSPS) is 25.9. The molecular formula is C39H63FN4O4S. The van der Waals surface area contributed by atoms with Gasteiger partial charge in [-0.2, -0.15) is 4.31 Å². The number of piperidine rings is 1. The number of hydrogen-bond acceptors (Lipinski definition) is 7. The molecule has 1 saturated carbocycles. The van der Waals surface area contributed by atoms with E-state index in [1.54, 1.807) is 30.4 Å². The van der Waals surface area contributed by atoms with Crippen LogP contribution < -0.4 is 4.74 Å². The van der Waals surface area contributed by atoms with Crippen molar-refractivity contribution >= 4 is 10.0 Å². The molecule has 49 heavy (non-hydrogen) atoms. The van der Waals surface area contributed by atoms with Crippen LogP contribution >= 0.6 is 0 Å². The predicted molar refractivity (Wildman–Crippen MR) is 195 cm³/mol. The Morgan fingerprint density at radius 2 is 1.67 bits per heavy atom. The first-order valence-electron chi connectivity index (χ1n) is 18.7. The molecular weight excluding hydrogens is 640 g/mol. The third-order valence-electron chi connectivity index (χ3n) is 11.5. The van der Waals surface area contributed by atoms with Gasteiger partial charge in [0.15, 0.2) is 0 Å². The van der Waals surface area contributed by atoms with Gasteiger partial charge in [0.25, 0.3) is 6.41 Å². The highest BCUT2D eigenvalue weighted by Gasteiger charge is 2.41. The molecule has 4 aliphatic rings. The molecule has 4 heterocycles. The SMILES string of the molecule is CC(CC1CC1COC(Oc1ccc(C2(F)CCN(C(C)(C)C)CC2)cn1)N1CC=C(C(C)(C)C)CC1)C1=CCN(S(=O)(=O)C(C)C)CC1. The van der Waals surface area contributed by atoms with Crippen LogP contribution in [-0.2, 0) is 20.4 Å². The van der Waals surface area contributed by atoms with Crippen molar-refractivity contribution < 1.29 is 22.3 Å². The zero-order valence-electron chi connectivity index (χ0n) is 31.7. The monoisotopic (exact) mass is 702 g/mol. The van der Waals surface area contributed by atoms with Crippen LogP contribution in [0.2, 0.25) is 0 Å². The minimum atomic E-state index is -3.21. The summed E-state index contributed by atoms with van der Waals surface area (Å²) in [6.07, 6.45) is 10.4. The predicted octanol–water partition coefficient (Wildman–Crippen LogP) is 7.53. The van der Waals surface area contributed by atoms with E-state index in [-0.39, 0.29) is 16.2 Å². The molecule has 276 valence electrons.